The van der Waals surface area contributed by atoms with Gasteiger partial charge in [0.2, 0.25) is 11.7 Å². The van der Waals surface area contributed by atoms with Gasteiger partial charge in [0.25, 0.3) is 0 Å². The first-order valence-corrected chi connectivity index (χ1v) is 7.93. The standard InChI is InChI=1S/C17H16N2O4/c1-21-10-4-2-3-8(5-10)15-18-16(23-19-15)13-9-6-11-12(7-9)22-17(20)14(11)13/h2-5,9,11-14H,6-7H2,1H3/t9-,11-,12+,13-,14-/m0/s1. The van der Waals surface area contributed by atoms with E-state index in [9.17, 15) is 4.79 Å². The van der Waals surface area contributed by atoms with Crippen LogP contribution in [0.5, 0.6) is 5.75 Å². The predicted molar refractivity (Wildman–Crippen MR) is 78.6 cm³/mol. The van der Waals surface area contributed by atoms with E-state index in [-0.39, 0.29) is 23.9 Å². The average molecular weight is 312 g/mol. The number of carbonyl (C=O) groups is 1. The summed E-state index contributed by atoms with van der Waals surface area (Å²) < 4.78 is 16.2. The Kier molecular flexibility index (Phi) is 2.60. The smallest absolute Gasteiger partial charge is 0.310 e. The van der Waals surface area contributed by atoms with Crippen molar-refractivity contribution < 1.29 is 18.8 Å². The Morgan fingerprint density at radius 2 is 2.17 bits per heavy atom. The van der Waals surface area contributed by atoms with Crippen molar-refractivity contribution in [3.8, 4) is 17.1 Å². The van der Waals surface area contributed by atoms with Crippen molar-refractivity contribution in [2.75, 3.05) is 7.11 Å². The lowest BCUT2D eigenvalue weighted by Gasteiger charge is -2.20. The molecule has 5 atom stereocenters. The maximum Gasteiger partial charge on any atom is 0.310 e. The number of esters is 1. The van der Waals surface area contributed by atoms with Gasteiger partial charge in [0.1, 0.15) is 11.9 Å². The van der Waals surface area contributed by atoms with Crippen molar-refractivity contribution in [3.05, 3.63) is 30.2 Å². The number of methoxy groups -OCH3 is 1. The van der Waals surface area contributed by atoms with E-state index in [0.717, 1.165) is 24.2 Å². The lowest BCUT2D eigenvalue weighted by molar-refractivity contribution is -0.143. The van der Waals surface area contributed by atoms with Crippen LogP contribution in [0.1, 0.15) is 24.7 Å². The molecule has 6 heteroatoms. The first-order valence-electron chi connectivity index (χ1n) is 7.93. The van der Waals surface area contributed by atoms with E-state index in [2.05, 4.69) is 10.1 Å². The molecular weight excluding hydrogens is 296 g/mol. The van der Waals surface area contributed by atoms with Crippen LogP contribution >= 0.6 is 0 Å². The third-order valence-electron chi connectivity index (χ3n) is 5.54. The summed E-state index contributed by atoms with van der Waals surface area (Å²) in [5, 5.41) is 4.10. The molecule has 2 aliphatic carbocycles. The number of ether oxygens (including phenoxy) is 2. The SMILES string of the molecule is COc1cccc(-c2noc([C@H]3[C@H]4C[C@@H]5[C@@H]3C(=O)O[C@@H]5C4)n2)c1. The Hall–Kier alpha value is -2.37. The zero-order valence-electron chi connectivity index (χ0n) is 12.6. The highest BCUT2D eigenvalue weighted by molar-refractivity contribution is 5.78. The van der Waals surface area contributed by atoms with Crippen LogP contribution in [0.25, 0.3) is 11.4 Å². The molecule has 0 N–H and O–H groups in total. The molecule has 0 spiro atoms. The Morgan fingerprint density at radius 1 is 1.26 bits per heavy atom. The summed E-state index contributed by atoms with van der Waals surface area (Å²) in [4.78, 5) is 16.7. The molecule has 23 heavy (non-hydrogen) atoms. The second-order valence-electron chi connectivity index (χ2n) is 6.61. The molecule has 0 unspecified atom stereocenters. The summed E-state index contributed by atoms with van der Waals surface area (Å²) >= 11 is 0. The minimum Gasteiger partial charge on any atom is -0.497 e. The van der Waals surface area contributed by atoms with Crippen molar-refractivity contribution in [1.82, 2.24) is 10.1 Å². The van der Waals surface area contributed by atoms with Gasteiger partial charge in [-0.1, -0.05) is 17.3 Å². The number of rotatable bonds is 3. The van der Waals surface area contributed by atoms with E-state index in [0.29, 0.717) is 23.6 Å². The van der Waals surface area contributed by atoms with Crippen molar-refractivity contribution in [3.63, 3.8) is 0 Å². The third kappa shape index (κ3) is 1.77. The molecule has 118 valence electrons. The van der Waals surface area contributed by atoms with E-state index in [1.54, 1.807) is 7.11 Å². The molecule has 2 aromatic rings. The van der Waals surface area contributed by atoms with E-state index < -0.39 is 0 Å². The fourth-order valence-electron chi connectivity index (χ4n) is 4.59. The van der Waals surface area contributed by atoms with Crippen LogP contribution in [0.2, 0.25) is 0 Å². The quantitative estimate of drug-likeness (QED) is 0.810. The molecule has 1 aromatic carbocycles. The molecule has 3 fully saturated rings. The van der Waals surface area contributed by atoms with Gasteiger partial charge in [-0.15, -0.1) is 0 Å². The molecule has 2 bridgehead atoms. The molecule has 1 aromatic heterocycles. The van der Waals surface area contributed by atoms with Gasteiger partial charge in [0, 0.05) is 11.5 Å². The van der Waals surface area contributed by atoms with Gasteiger partial charge in [-0.05, 0) is 30.9 Å². The minimum absolute atomic E-state index is 0.0121. The molecular formula is C17H16N2O4. The first kappa shape index (κ1) is 13.1. The van der Waals surface area contributed by atoms with Crippen LogP contribution in [0.15, 0.2) is 28.8 Å². The Bertz CT molecular complexity index is 784. The monoisotopic (exact) mass is 312 g/mol. The van der Waals surface area contributed by atoms with Crippen molar-refractivity contribution in [2.24, 2.45) is 17.8 Å². The second-order valence-corrected chi connectivity index (χ2v) is 6.61. The highest BCUT2D eigenvalue weighted by Gasteiger charge is 2.63. The number of hydrogen-bond donors (Lipinski definition) is 0. The van der Waals surface area contributed by atoms with Crippen LogP contribution in [-0.4, -0.2) is 29.3 Å². The van der Waals surface area contributed by atoms with Crippen LogP contribution in [-0.2, 0) is 9.53 Å². The molecule has 2 heterocycles. The topological polar surface area (TPSA) is 74.5 Å². The highest BCUT2D eigenvalue weighted by Crippen LogP contribution is 2.61. The van der Waals surface area contributed by atoms with Gasteiger partial charge < -0.3 is 14.0 Å². The van der Waals surface area contributed by atoms with Crippen molar-refractivity contribution >= 4 is 5.97 Å². The summed E-state index contributed by atoms with van der Waals surface area (Å²) in [6.45, 7) is 0. The van der Waals surface area contributed by atoms with E-state index in [1.165, 1.54) is 0 Å². The van der Waals surface area contributed by atoms with Gasteiger partial charge in [0.05, 0.1) is 18.9 Å². The summed E-state index contributed by atoms with van der Waals surface area (Å²) in [6, 6.07) is 7.54. The number of fused-ring (bicyclic) bond motifs is 1. The number of nitrogens with zero attached hydrogens (tertiary/aromatic N) is 2. The van der Waals surface area contributed by atoms with E-state index in [4.69, 9.17) is 14.0 Å². The number of carbonyl (C=O) groups excluding carboxylic acids is 1. The second kappa shape index (κ2) is 4.57. The fraction of sp³-hybridized carbons (Fsp3) is 0.471. The summed E-state index contributed by atoms with van der Waals surface area (Å²) in [5.41, 5.74) is 0.842. The minimum atomic E-state index is -0.0997. The lowest BCUT2D eigenvalue weighted by Crippen LogP contribution is -2.24. The molecule has 2 saturated carbocycles. The lowest BCUT2D eigenvalue weighted by atomic mass is 9.80. The zero-order valence-corrected chi connectivity index (χ0v) is 12.6. The van der Waals surface area contributed by atoms with Crippen molar-refractivity contribution in [1.29, 1.82) is 0 Å². The van der Waals surface area contributed by atoms with Gasteiger partial charge >= 0.3 is 5.97 Å². The molecule has 1 saturated heterocycles. The largest absolute Gasteiger partial charge is 0.497 e. The van der Waals surface area contributed by atoms with Gasteiger partial charge in [-0.3, -0.25) is 4.79 Å². The number of aromatic nitrogens is 2. The molecule has 5 rings (SSSR count). The average Bonchev–Trinajstić information content (AvgIpc) is 3.30. The Labute approximate surface area is 132 Å². The van der Waals surface area contributed by atoms with E-state index in [1.807, 2.05) is 24.3 Å². The number of benzene rings is 1. The predicted octanol–water partition coefficient (Wildman–Crippen LogP) is 2.41. The van der Waals surface area contributed by atoms with Crippen molar-refractivity contribution in [2.45, 2.75) is 24.9 Å². The third-order valence-corrected chi connectivity index (χ3v) is 5.54. The van der Waals surface area contributed by atoms with Crippen LogP contribution in [0.4, 0.5) is 0 Å². The maximum atomic E-state index is 12.1. The van der Waals surface area contributed by atoms with Crippen LogP contribution in [0.3, 0.4) is 0 Å². The number of hydrogen-bond acceptors (Lipinski definition) is 6. The van der Waals surface area contributed by atoms with Crippen LogP contribution < -0.4 is 4.74 Å². The highest BCUT2D eigenvalue weighted by atomic mass is 16.6. The normalized spacial score (nSPS) is 34.0. The van der Waals surface area contributed by atoms with Crippen LogP contribution in [0, 0.1) is 17.8 Å². The zero-order chi connectivity index (χ0) is 15.6. The summed E-state index contributed by atoms with van der Waals surface area (Å²) in [5.74, 6) is 2.42. The molecule has 0 amide bonds. The molecule has 6 nitrogen and oxygen atoms in total. The van der Waals surface area contributed by atoms with Gasteiger partial charge in [-0.25, -0.2) is 0 Å². The first-order chi connectivity index (χ1) is 11.2. The summed E-state index contributed by atoms with van der Waals surface area (Å²) in [6.07, 6.45) is 2.08. The maximum absolute atomic E-state index is 12.1. The van der Waals surface area contributed by atoms with E-state index >= 15 is 0 Å². The molecule has 0 radical (unpaired) electrons. The Morgan fingerprint density at radius 3 is 3.04 bits per heavy atom. The Balaban J connectivity index is 1.49. The summed E-state index contributed by atoms with van der Waals surface area (Å²) in [7, 11) is 1.62. The van der Waals surface area contributed by atoms with Gasteiger partial charge in [-0.2, -0.15) is 4.98 Å². The fourth-order valence-corrected chi connectivity index (χ4v) is 4.59. The molecule has 3 aliphatic rings. The van der Waals surface area contributed by atoms with Gasteiger partial charge in [0.15, 0.2) is 0 Å². The molecule has 1 aliphatic heterocycles.